The Bertz CT molecular complexity index is 954. The third-order valence-corrected chi connectivity index (χ3v) is 5.15. The second-order valence-corrected chi connectivity index (χ2v) is 7.81. The number of piperidine rings is 1. The summed E-state index contributed by atoms with van der Waals surface area (Å²) in [4.78, 5) is 39.7. The number of carbonyl (C=O) groups excluding carboxylic acids is 1. The van der Waals surface area contributed by atoms with Crippen LogP contribution in [0.4, 0.5) is 5.69 Å². The molecule has 4 N–H and O–H groups in total. The first-order valence-corrected chi connectivity index (χ1v) is 9.54. The van der Waals surface area contributed by atoms with E-state index in [0.717, 1.165) is 24.1 Å². The first-order valence-electron chi connectivity index (χ1n) is 9.54. The van der Waals surface area contributed by atoms with Crippen LogP contribution in [0, 0.1) is 11.8 Å². The third kappa shape index (κ3) is 4.83. The Kier molecular flexibility index (Phi) is 6.03. The molecule has 1 amide bonds. The maximum Gasteiger partial charge on any atom is 0.328 e. The van der Waals surface area contributed by atoms with Crippen molar-refractivity contribution in [3.8, 4) is 0 Å². The van der Waals surface area contributed by atoms with E-state index in [-0.39, 0.29) is 0 Å². The smallest absolute Gasteiger partial charge is 0.328 e. The Hall–Kier alpha value is -3.13. The van der Waals surface area contributed by atoms with Gasteiger partial charge in [0.25, 0.3) is 0 Å². The van der Waals surface area contributed by atoms with E-state index in [0.29, 0.717) is 41.6 Å². The summed E-state index contributed by atoms with van der Waals surface area (Å²) in [5, 5.41) is 21.9. The number of H-pyrrole nitrogens is 1. The van der Waals surface area contributed by atoms with Crippen molar-refractivity contribution in [3.05, 3.63) is 42.1 Å². The highest BCUT2D eigenvalue weighted by Gasteiger charge is 2.34. The van der Waals surface area contributed by atoms with Gasteiger partial charge in [0.05, 0.1) is 0 Å². The van der Waals surface area contributed by atoms with E-state index in [1.165, 1.54) is 0 Å². The number of nitrogens with one attached hydrogen (secondary N) is 2. The van der Waals surface area contributed by atoms with E-state index in [1.807, 2.05) is 4.90 Å². The third-order valence-electron chi connectivity index (χ3n) is 5.15. The molecular weight excluding hydrogens is 374 g/mol. The molecule has 154 valence electrons. The van der Waals surface area contributed by atoms with Crippen LogP contribution in [0.25, 0.3) is 10.9 Å². The fraction of sp³-hybridized carbons (Fsp3) is 0.381. The molecule has 0 aliphatic carbocycles. The van der Waals surface area contributed by atoms with E-state index in [2.05, 4.69) is 24.1 Å². The number of benzene rings is 1. The number of hydrogen-bond acceptors (Lipinski definition) is 4. The Morgan fingerprint density at radius 2 is 1.86 bits per heavy atom. The number of likely N-dealkylation sites (tertiary alicyclic amines) is 1. The van der Waals surface area contributed by atoms with Gasteiger partial charge < -0.3 is 20.5 Å². The van der Waals surface area contributed by atoms with Crippen LogP contribution in [0.3, 0.4) is 0 Å². The lowest BCUT2D eigenvalue weighted by atomic mass is 9.89. The van der Waals surface area contributed by atoms with Crippen molar-refractivity contribution in [3.63, 3.8) is 0 Å². The molecule has 1 unspecified atom stereocenters. The average molecular weight is 399 g/mol. The lowest BCUT2D eigenvalue weighted by Gasteiger charge is -2.38. The number of aromatic nitrogens is 1. The molecule has 2 heterocycles. The summed E-state index contributed by atoms with van der Waals surface area (Å²) in [7, 11) is 0. The number of rotatable bonds is 6. The Morgan fingerprint density at radius 3 is 2.48 bits per heavy atom. The number of carboxylic acid groups (broad SMARTS) is 2. The van der Waals surface area contributed by atoms with Gasteiger partial charge in [-0.25, -0.2) is 4.79 Å². The second-order valence-electron chi connectivity index (χ2n) is 7.81. The summed E-state index contributed by atoms with van der Waals surface area (Å²) in [5.74, 6) is -1.86. The fourth-order valence-electron chi connectivity index (χ4n) is 4.18. The van der Waals surface area contributed by atoms with Crippen molar-refractivity contribution in [1.29, 1.82) is 0 Å². The zero-order valence-corrected chi connectivity index (χ0v) is 16.4. The maximum absolute atomic E-state index is 12.2. The molecule has 1 aromatic heterocycles. The quantitative estimate of drug-likeness (QED) is 0.554. The highest BCUT2D eigenvalue weighted by atomic mass is 16.4. The predicted molar refractivity (Wildman–Crippen MR) is 109 cm³/mol. The van der Waals surface area contributed by atoms with E-state index >= 15 is 0 Å². The van der Waals surface area contributed by atoms with Crippen LogP contribution in [-0.2, 0) is 14.4 Å². The normalized spacial score (nSPS) is 21.3. The van der Waals surface area contributed by atoms with Crippen LogP contribution in [-0.4, -0.2) is 51.0 Å². The molecule has 8 nitrogen and oxygen atoms in total. The van der Waals surface area contributed by atoms with Gasteiger partial charge in [-0.15, -0.1) is 0 Å². The molecule has 1 saturated heterocycles. The molecule has 1 aliphatic rings. The zero-order valence-electron chi connectivity index (χ0n) is 16.4. The van der Waals surface area contributed by atoms with Crippen molar-refractivity contribution in [2.45, 2.75) is 26.3 Å². The molecule has 2 aromatic rings. The Morgan fingerprint density at radius 1 is 1.17 bits per heavy atom. The maximum atomic E-state index is 12.2. The molecule has 3 rings (SSSR count). The summed E-state index contributed by atoms with van der Waals surface area (Å²) in [5.41, 5.74) is 1.87. The van der Waals surface area contributed by atoms with E-state index in [1.54, 1.807) is 24.4 Å². The van der Waals surface area contributed by atoms with Crippen molar-refractivity contribution in [2.75, 3.05) is 18.4 Å². The van der Waals surface area contributed by atoms with Crippen LogP contribution >= 0.6 is 0 Å². The number of carbonyl (C=O) groups is 3. The van der Waals surface area contributed by atoms with Crippen LogP contribution in [0.15, 0.2) is 36.5 Å². The molecule has 0 saturated carbocycles. The topological polar surface area (TPSA) is 123 Å². The first kappa shape index (κ1) is 20.6. The number of carboxylic acids is 2. The van der Waals surface area contributed by atoms with Crippen LogP contribution in [0.2, 0.25) is 0 Å². The summed E-state index contributed by atoms with van der Waals surface area (Å²) >= 11 is 0. The number of anilines is 1. The molecule has 0 spiro atoms. The van der Waals surface area contributed by atoms with Gasteiger partial charge in [0.15, 0.2) is 0 Å². The lowest BCUT2D eigenvalue weighted by Crippen LogP contribution is -2.43. The molecule has 1 aliphatic heterocycles. The minimum atomic E-state index is -1.21. The van der Waals surface area contributed by atoms with Gasteiger partial charge in [-0.3, -0.25) is 14.5 Å². The van der Waals surface area contributed by atoms with Crippen molar-refractivity contribution < 1.29 is 24.6 Å². The van der Waals surface area contributed by atoms with Crippen molar-refractivity contribution in [2.24, 2.45) is 11.8 Å². The van der Waals surface area contributed by atoms with Gasteiger partial charge in [0.2, 0.25) is 5.91 Å². The van der Waals surface area contributed by atoms with Crippen LogP contribution < -0.4 is 5.32 Å². The van der Waals surface area contributed by atoms with Crippen LogP contribution in [0.1, 0.15) is 31.9 Å². The largest absolute Gasteiger partial charge is 0.480 e. The van der Waals surface area contributed by atoms with Gasteiger partial charge in [0.1, 0.15) is 6.04 Å². The number of aliphatic carboxylic acids is 2. The number of fused-ring (bicyclic) bond motifs is 1. The van der Waals surface area contributed by atoms with Crippen molar-refractivity contribution >= 4 is 34.4 Å². The summed E-state index contributed by atoms with van der Waals surface area (Å²) in [6.45, 7) is 5.69. The second kappa shape index (κ2) is 8.48. The summed E-state index contributed by atoms with van der Waals surface area (Å²) in [6, 6.07) is 4.36. The molecule has 0 radical (unpaired) electrons. The fourth-order valence-corrected chi connectivity index (χ4v) is 4.18. The average Bonchev–Trinajstić information content (AvgIpc) is 3.02. The van der Waals surface area contributed by atoms with E-state index in [4.69, 9.17) is 5.11 Å². The monoisotopic (exact) mass is 399 g/mol. The van der Waals surface area contributed by atoms with Crippen molar-refractivity contribution in [1.82, 2.24) is 9.88 Å². The highest BCUT2D eigenvalue weighted by molar-refractivity contribution is 6.03. The van der Waals surface area contributed by atoms with Gasteiger partial charge in [-0.05, 0) is 36.5 Å². The SMILES string of the molecule is C[C@@H]1C[C@H](C)CN(C(C(=O)O)c2c[nH]c3ccc(NC(=O)C=CC(=O)O)cc23)C1. The predicted octanol–water partition coefficient (Wildman–Crippen LogP) is 2.85. The van der Waals surface area contributed by atoms with E-state index in [9.17, 15) is 19.5 Å². The lowest BCUT2D eigenvalue weighted by molar-refractivity contribution is -0.144. The standard InChI is InChI=1S/C21H25N3O5/c1-12-7-13(2)11-24(10-12)20(21(28)29)16-9-22-17-4-3-14(8-15(16)17)23-18(25)5-6-19(26)27/h3-6,8-9,12-13,20,22H,7,10-11H2,1-2H3,(H,23,25)(H,26,27)(H,28,29)/t12-,13+,20?. The highest BCUT2D eigenvalue weighted by Crippen LogP contribution is 2.34. The minimum absolute atomic E-state index is 0.418. The molecule has 1 aromatic carbocycles. The van der Waals surface area contributed by atoms with Gasteiger partial charge in [-0.2, -0.15) is 0 Å². The van der Waals surface area contributed by atoms with Crippen LogP contribution in [0.5, 0.6) is 0 Å². The molecule has 29 heavy (non-hydrogen) atoms. The minimum Gasteiger partial charge on any atom is -0.480 e. The Labute approximate surface area is 168 Å². The number of hydrogen-bond donors (Lipinski definition) is 4. The Balaban J connectivity index is 1.92. The number of nitrogens with zero attached hydrogens (tertiary/aromatic N) is 1. The molecular formula is C21H25N3O5. The first-order chi connectivity index (χ1) is 13.7. The summed E-state index contributed by atoms with van der Waals surface area (Å²) in [6.07, 6.45) is 4.48. The zero-order chi connectivity index (χ0) is 21.1. The van der Waals surface area contributed by atoms with E-state index < -0.39 is 23.9 Å². The number of amides is 1. The summed E-state index contributed by atoms with van der Waals surface area (Å²) < 4.78 is 0. The van der Waals surface area contributed by atoms with Gasteiger partial charge >= 0.3 is 11.9 Å². The van der Waals surface area contributed by atoms with Gasteiger partial charge in [0, 0.05) is 53.6 Å². The molecule has 8 heteroatoms. The number of aromatic amines is 1. The molecule has 1 fully saturated rings. The van der Waals surface area contributed by atoms with Gasteiger partial charge in [-0.1, -0.05) is 13.8 Å². The molecule has 3 atom stereocenters. The molecule has 0 bridgehead atoms.